The summed E-state index contributed by atoms with van der Waals surface area (Å²) in [6, 6.07) is 10.8. The predicted molar refractivity (Wildman–Crippen MR) is 81.4 cm³/mol. The van der Waals surface area contributed by atoms with Crippen LogP contribution >= 0.6 is 11.6 Å². The lowest BCUT2D eigenvalue weighted by atomic mass is 10.2. The number of nitrogens with zero attached hydrogens (tertiary/aromatic N) is 2. The van der Waals surface area contributed by atoms with E-state index in [1.807, 2.05) is 12.1 Å². The van der Waals surface area contributed by atoms with Gasteiger partial charge in [-0.25, -0.2) is 4.98 Å². The van der Waals surface area contributed by atoms with Crippen LogP contribution in [0.25, 0.3) is 11.3 Å². The van der Waals surface area contributed by atoms with Crippen LogP contribution in [0, 0.1) is 0 Å². The molecule has 2 heterocycles. The maximum Gasteiger partial charge on any atom is 0.232 e. The van der Waals surface area contributed by atoms with E-state index in [0.717, 1.165) is 5.56 Å². The van der Waals surface area contributed by atoms with Crippen LogP contribution in [0.2, 0.25) is 5.02 Å². The van der Waals surface area contributed by atoms with Crippen molar-refractivity contribution in [2.24, 2.45) is 0 Å². The van der Waals surface area contributed by atoms with Gasteiger partial charge in [0, 0.05) is 10.6 Å². The van der Waals surface area contributed by atoms with Crippen molar-refractivity contribution >= 4 is 11.6 Å². The van der Waals surface area contributed by atoms with Crippen molar-refractivity contribution < 1.29 is 14.3 Å². The Balaban J connectivity index is 1.65. The minimum absolute atomic E-state index is 0.0928. The van der Waals surface area contributed by atoms with Crippen LogP contribution in [0.4, 0.5) is 0 Å². The average Bonchev–Trinajstić information content (AvgIpc) is 3.03. The number of rotatable bonds is 5. The van der Waals surface area contributed by atoms with Crippen LogP contribution in [0.1, 0.15) is 11.6 Å². The Labute approximate surface area is 132 Å². The fraction of sp³-hybridized carbons (Fsp3) is 0.125. The molecule has 0 fully saturated rings. The summed E-state index contributed by atoms with van der Waals surface area (Å²) in [5.74, 6) is 1.71. The molecule has 0 spiro atoms. The summed E-state index contributed by atoms with van der Waals surface area (Å²) in [5.41, 5.74) is 1.49. The third-order valence-corrected chi connectivity index (χ3v) is 3.26. The van der Waals surface area contributed by atoms with Crippen LogP contribution < -0.4 is 4.74 Å². The lowest BCUT2D eigenvalue weighted by Gasteiger charge is -2.03. The van der Waals surface area contributed by atoms with E-state index >= 15 is 0 Å². The van der Waals surface area contributed by atoms with E-state index in [2.05, 4.69) is 9.97 Å². The number of oxazole rings is 1. The molecule has 0 radical (unpaired) electrons. The third kappa shape index (κ3) is 3.44. The molecule has 0 aliphatic heterocycles. The van der Waals surface area contributed by atoms with E-state index in [0.29, 0.717) is 28.1 Å². The van der Waals surface area contributed by atoms with Gasteiger partial charge >= 0.3 is 0 Å². The molecule has 0 aliphatic carbocycles. The topological polar surface area (TPSA) is 68.4 Å². The maximum atomic E-state index is 8.93. The number of aromatic nitrogens is 2. The van der Waals surface area contributed by atoms with E-state index in [-0.39, 0.29) is 13.2 Å². The first-order chi connectivity index (χ1) is 10.7. The number of hydrogen-bond acceptors (Lipinski definition) is 5. The molecule has 5 nitrogen and oxygen atoms in total. The Morgan fingerprint density at radius 2 is 1.86 bits per heavy atom. The second kappa shape index (κ2) is 6.60. The SMILES string of the molecule is OCc1ccc(OCc2ncc(-c3ccc(Cl)cc3)o2)cn1. The number of aliphatic hydroxyl groups is 1. The zero-order chi connectivity index (χ0) is 15.4. The smallest absolute Gasteiger partial charge is 0.232 e. The number of halogens is 1. The van der Waals surface area contributed by atoms with Gasteiger partial charge in [0.2, 0.25) is 5.89 Å². The van der Waals surface area contributed by atoms with Gasteiger partial charge in [0.1, 0.15) is 5.75 Å². The van der Waals surface area contributed by atoms with Gasteiger partial charge in [-0.2, -0.15) is 0 Å². The Bertz CT molecular complexity index is 739. The minimum Gasteiger partial charge on any atom is -0.482 e. The second-order valence-electron chi connectivity index (χ2n) is 4.56. The van der Waals surface area contributed by atoms with Gasteiger partial charge in [-0.1, -0.05) is 11.6 Å². The first-order valence-corrected chi connectivity index (χ1v) is 7.01. The molecule has 3 aromatic rings. The summed E-state index contributed by atoms with van der Waals surface area (Å²) in [6.45, 7) is 0.109. The van der Waals surface area contributed by atoms with Crippen molar-refractivity contribution in [3.63, 3.8) is 0 Å². The van der Waals surface area contributed by atoms with Gasteiger partial charge < -0.3 is 14.3 Å². The quantitative estimate of drug-likeness (QED) is 0.780. The van der Waals surface area contributed by atoms with Crippen LogP contribution in [0.15, 0.2) is 53.2 Å². The van der Waals surface area contributed by atoms with Crippen molar-refractivity contribution in [1.82, 2.24) is 9.97 Å². The first kappa shape index (κ1) is 14.6. The van der Waals surface area contributed by atoms with E-state index in [1.54, 1.807) is 36.7 Å². The number of ether oxygens (including phenoxy) is 1. The average molecular weight is 317 g/mol. The third-order valence-electron chi connectivity index (χ3n) is 3.00. The molecule has 1 aromatic carbocycles. The molecule has 2 aromatic heterocycles. The second-order valence-corrected chi connectivity index (χ2v) is 4.99. The van der Waals surface area contributed by atoms with Gasteiger partial charge in [0.05, 0.1) is 24.7 Å². The van der Waals surface area contributed by atoms with Crippen LogP contribution in [-0.4, -0.2) is 15.1 Å². The van der Waals surface area contributed by atoms with Crippen LogP contribution in [0.3, 0.4) is 0 Å². The number of pyridine rings is 1. The number of hydrogen-bond donors (Lipinski definition) is 1. The first-order valence-electron chi connectivity index (χ1n) is 6.64. The molecule has 0 unspecified atom stereocenters. The monoisotopic (exact) mass is 316 g/mol. The van der Waals surface area contributed by atoms with E-state index in [9.17, 15) is 0 Å². The summed E-state index contributed by atoms with van der Waals surface area (Å²) in [6.07, 6.45) is 3.20. The zero-order valence-corrected chi connectivity index (χ0v) is 12.3. The van der Waals surface area contributed by atoms with Crippen molar-refractivity contribution in [1.29, 1.82) is 0 Å². The van der Waals surface area contributed by atoms with Crippen LogP contribution in [-0.2, 0) is 13.2 Å². The van der Waals surface area contributed by atoms with Gasteiger partial charge in [0.25, 0.3) is 0 Å². The molecule has 0 bridgehead atoms. The van der Waals surface area contributed by atoms with Crippen molar-refractivity contribution in [3.8, 4) is 17.1 Å². The fourth-order valence-electron chi connectivity index (χ4n) is 1.86. The van der Waals surface area contributed by atoms with Crippen molar-refractivity contribution in [2.75, 3.05) is 0 Å². The highest BCUT2D eigenvalue weighted by Gasteiger charge is 2.07. The molecule has 0 saturated heterocycles. The molecule has 3 rings (SSSR count). The van der Waals surface area contributed by atoms with Gasteiger partial charge in [0.15, 0.2) is 12.4 Å². The van der Waals surface area contributed by atoms with Gasteiger partial charge in [-0.05, 0) is 36.4 Å². The number of benzene rings is 1. The van der Waals surface area contributed by atoms with Crippen LogP contribution in [0.5, 0.6) is 5.75 Å². The normalized spacial score (nSPS) is 10.6. The van der Waals surface area contributed by atoms with Gasteiger partial charge in [-0.3, -0.25) is 4.98 Å². The molecule has 6 heteroatoms. The molecule has 0 amide bonds. The summed E-state index contributed by atoms with van der Waals surface area (Å²) in [5, 5.41) is 9.60. The van der Waals surface area contributed by atoms with E-state index < -0.39 is 0 Å². The minimum atomic E-state index is -0.0928. The maximum absolute atomic E-state index is 8.93. The highest BCUT2D eigenvalue weighted by molar-refractivity contribution is 6.30. The van der Waals surface area contributed by atoms with Crippen molar-refractivity contribution in [2.45, 2.75) is 13.2 Å². The molecular formula is C16H13ClN2O3. The molecule has 1 N–H and O–H groups in total. The lowest BCUT2D eigenvalue weighted by Crippen LogP contribution is -1.97. The highest BCUT2D eigenvalue weighted by Crippen LogP contribution is 2.22. The molecule has 0 atom stereocenters. The summed E-state index contributed by atoms with van der Waals surface area (Å²) < 4.78 is 11.2. The Hall–Kier alpha value is -2.37. The molecule has 112 valence electrons. The predicted octanol–water partition coefficient (Wildman–Crippen LogP) is 3.46. The highest BCUT2D eigenvalue weighted by atomic mass is 35.5. The number of aliphatic hydroxyl groups excluding tert-OH is 1. The zero-order valence-electron chi connectivity index (χ0n) is 11.6. The van der Waals surface area contributed by atoms with Gasteiger partial charge in [-0.15, -0.1) is 0 Å². The molecular weight excluding hydrogens is 304 g/mol. The summed E-state index contributed by atoms with van der Waals surface area (Å²) in [4.78, 5) is 8.21. The Morgan fingerprint density at radius 3 is 2.55 bits per heavy atom. The standard InChI is InChI=1S/C16H13ClN2O3/c17-12-3-1-11(2-4-12)15-8-19-16(22-15)10-21-14-6-5-13(9-20)18-7-14/h1-8,20H,9-10H2. The van der Waals surface area contributed by atoms with E-state index in [1.165, 1.54) is 0 Å². The Morgan fingerprint density at radius 1 is 1.05 bits per heavy atom. The fourth-order valence-corrected chi connectivity index (χ4v) is 1.99. The van der Waals surface area contributed by atoms with E-state index in [4.69, 9.17) is 25.9 Å². The summed E-state index contributed by atoms with van der Waals surface area (Å²) >= 11 is 5.86. The summed E-state index contributed by atoms with van der Waals surface area (Å²) in [7, 11) is 0. The molecule has 0 aliphatic rings. The largest absolute Gasteiger partial charge is 0.482 e. The van der Waals surface area contributed by atoms with Crippen molar-refractivity contribution in [3.05, 3.63) is 65.4 Å². The molecule has 0 saturated carbocycles. The lowest BCUT2D eigenvalue weighted by molar-refractivity contribution is 0.260. The molecule has 22 heavy (non-hydrogen) atoms. The Kier molecular flexibility index (Phi) is 4.37.